The smallest absolute Gasteiger partial charge is 0.251 e. The van der Waals surface area contributed by atoms with Gasteiger partial charge in [0.05, 0.1) is 12.9 Å². The van der Waals surface area contributed by atoms with E-state index in [9.17, 15) is 9.90 Å². The third-order valence-corrected chi connectivity index (χ3v) is 4.56. The molecule has 24 heavy (non-hydrogen) atoms. The molecule has 2 aromatic heterocycles. The minimum absolute atomic E-state index is 0.166. The Morgan fingerprint density at radius 1 is 1.33 bits per heavy atom. The van der Waals surface area contributed by atoms with Gasteiger partial charge in [-0.3, -0.25) is 4.79 Å². The van der Waals surface area contributed by atoms with E-state index in [0.717, 1.165) is 17.7 Å². The Hall–Kier alpha value is -2.44. The van der Waals surface area contributed by atoms with Crippen LogP contribution in [0.15, 0.2) is 59.8 Å². The minimum atomic E-state index is -1.07. The molecular weight excluding hydrogens is 322 g/mol. The van der Waals surface area contributed by atoms with E-state index in [4.69, 9.17) is 0 Å². The molecule has 2 N–H and O–H groups in total. The Bertz CT molecular complexity index is 778. The molecule has 0 aliphatic heterocycles. The zero-order valence-corrected chi connectivity index (χ0v) is 14.2. The summed E-state index contributed by atoms with van der Waals surface area (Å²) in [4.78, 5) is 16.3. The highest BCUT2D eigenvalue weighted by Gasteiger charge is 2.24. The summed E-state index contributed by atoms with van der Waals surface area (Å²) in [5.74, 6) is -0.195. The van der Waals surface area contributed by atoms with Gasteiger partial charge in [-0.2, -0.15) is 11.3 Å². The first-order valence-corrected chi connectivity index (χ1v) is 8.57. The fraction of sp³-hybridized carbons (Fsp3) is 0.222. The molecule has 3 aromatic rings. The van der Waals surface area contributed by atoms with Crippen LogP contribution in [-0.2, 0) is 12.1 Å². The summed E-state index contributed by atoms with van der Waals surface area (Å²) in [6, 6.07) is 9.29. The Morgan fingerprint density at radius 3 is 2.75 bits per heavy atom. The average Bonchev–Trinajstić information content (AvgIpc) is 3.27. The molecule has 0 fully saturated rings. The molecule has 0 aliphatic rings. The summed E-state index contributed by atoms with van der Waals surface area (Å²) < 4.78 is 1.97. The van der Waals surface area contributed by atoms with Crippen molar-refractivity contribution in [3.63, 3.8) is 0 Å². The van der Waals surface area contributed by atoms with Crippen LogP contribution >= 0.6 is 11.3 Å². The Morgan fingerprint density at radius 2 is 2.12 bits per heavy atom. The first kappa shape index (κ1) is 16.4. The molecule has 6 heteroatoms. The summed E-state index contributed by atoms with van der Waals surface area (Å²) >= 11 is 1.52. The molecule has 1 aromatic carbocycles. The molecule has 0 saturated heterocycles. The van der Waals surface area contributed by atoms with Gasteiger partial charge in [-0.15, -0.1) is 0 Å². The lowest BCUT2D eigenvalue weighted by Crippen LogP contribution is -2.38. The van der Waals surface area contributed by atoms with Gasteiger partial charge in [0.25, 0.3) is 5.91 Å². The van der Waals surface area contributed by atoms with Gasteiger partial charge in [-0.1, -0.05) is 12.1 Å². The third kappa shape index (κ3) is 3.90. The summed E-state index contributed by atoms with van der Waals surface area (Å²) in [6.45, 7) is 2.58. The number of thiophene rings is 1. The van der Waals surface area contributed by atoms with Crippen LogP contribution in [0, 0.1) is 0 Å². The molecule has 1 atom stereocenters. The predicted octanol–water partition coefficient (Wildman–Crippen LogP) is 2.63. The number of carbonyl (C=O) groups is 1. The van der Waals surface area contributed by atoms with Crippen molar-refractivity contribution in [3.8, 4) is 0 Å². The zero-order chi connectivity index (χ0) is 17.0. The monoisotopic (exact) mass is 341 g/mol. The van der Waals surface area contributed by atoms with E-state index < -0.39 is 5.60 Å². The third-order valence-electron chi connectivity index (χ3n) is 3.88. The normalized spacial score (nSPS) is 13.4. The molecular formula is C18H19N3O2S. The molecule has 1 unspecified atom stereocenters. The summed E-state index contributed by atoms with van der Waals surface area (Å²) in [6.07, 6.45) is 5.39. The van der Waals surface area contributed by atoms with Gasteiger partial charge in [0.1, 0.15) is 5.60 Å². The standard InChI is InChI=1S/C18H19N3O2S/c1-18(23,16-6-9-24-11-16)12-20-17(22)15-4-2-14(3-5-15)10-21-8-7-19-13-21/h2-9,11,13,23H,10,12H2,1H3,(H,20,22). The second-order valence-corrected chi connectivity index (χ2v) is 6.68. The number of rotatable bonds is 6. The van der Waals surface area contributed by atoms with Crippen molar-refractivity contribution in [2.24, 2.45) is 0 Å². The van der Waals surface area contributed by atoms with E-state index in [1.165, 1.54) is 11.3 Å². The second-order valence-electron chi connectivity index (χ2n) is 5.90. The number of nitrogens with one attached hydrogen (secondary N) is 1. The Kier molecular flexibility index (Phi) is 4.78. The van der Waals surface area contributed by atoms with Gasteiger partial charge in [0, 0.05) is 24.5 Å². The van der Waals surface area contributed by atoms with E-state index in [1.807, 2.05) is 39.7 Å². The Balaban J connectivity index is 1.59. The number of benzene rings is 1. The zero-order valence-electron chi connectivity index (χ0n) is 13.3. The van der Waals surface area contributed by atoms with Crippen molar-refractivity contribution >= 4 is 17.2 Å². The van der Waals surface area contributed by atoms with Crippen LogP contribution in [-0.4, -0.2) is 27.1 Å². The highest BCUT2D eigenvalue weighted by atomic mass is 32.1. The maximum Gasteiger partial charge on any atom is 0.251 e. The van der Waals surface area contributed by atoms with Crippen LogP contribution in [0.4, 0.5) is 0 Å². The number of imidazole rings is 1. The molecule has 124 valence electrons. The van der Waals surface area contributed by atoms with Crippen LogP contribution in [0.5, 0.6) is 0 Å². The molecule has 0 saturated carbocycles. The number of nitrogens with zero attached hydrogens (tertiary/aromatic N) is 2. The lowest BCUT2D eigenvalue weighted by atomic mass is 9.99. The predicted molar refractivity (Wildman–Crippen MR) is 94.0 cm³/mol. The van der Waals surface area contributed by atoms with Gasteiger partial charge in [-0.25, -0.2) is 4.98 Å². The van der Waals surface area contributed by atoms with E-state index in [0.29, 0.717) is 5.56 Å². The number of carbonyl (C=O) groups excluding carboxylic acids is 1. The van der Waals surface area contributed by atoms with Crippen molar-refractivity contribution in [2.45, 2.75) is 19.1 Å². The van der Waals surface area contributed by atoms with Gasteiger partial charge < -0.3 is 15.0 Å². The lowest BCUT2D eigenvalue weighted by Gasteiger charge is -2.22. The molecule has 5 nitrogen and oxygen atoms in total. The van der Waals surface area contributed by atoms with Crippen LogP contribution < -0.4 is 5.32 Å². The fourth-order valence-corrected chi connectivity index (χ4v) is 3.16. The second kappa shape index (κ2) is 6.98. The summed E-state index contributed by atoms with van der Waals surface area (Å²) in [7, 11) is 0. The van der Waals surface area contributed by atoms with Crippen molar-refractivity contribution in [2.75, 3.05) is 6.54 Å². The topological polar surface area (TPSA) is 67.2 Å². The van der Waals surface area contributed by atoms with Crippen LogP contribution in [0.3, 0.4) is 0 Å². The van der Waals surface area contributed by atoms with Gasteiger partial charge in [-0.05, 0) is 47.0 Å². The van der Waals surface area contributed by atoms with E-state index in [2.05, 4.69) is 10.3 Å². The maximum atomic E-state index is 12.3. The molecule has 1 amide bonds. The highest BCUT2D eigenvalue weighted by molar-refractivity contribution is 7.08. The van der Waals surface area contributed by atoms with Gasteiger partial charge >= 0.3 is 0 Å². The van der Waals surface area contributed by atoms with Crippen LogP contribution in [0.2, 0.25) is 0 Å². The fourth-order valence-electron chi connectivity index (χ4n) is 2.38. The number of hydrogen-bond acceptors (Lipinski definition) is 4. The summed E-state index contributed by atoms with van der Waals surface area (Å²) in [5.41, 5.74) is 1.40. The first-order chi connectivity index (χ1) is 11.5. The minimum Gasteiger partial charge on any atom is -0.384 e. The number of amides is 1. The number of hydrogen-bond donors (Lipinski definition) is 2. The van der Waals surface area contributed by atoms with E-state index in [1.54, 1.807) is 31.6 Å². The van der Waals surface area contributed by atoms with Crippen molar-refractivity contribution in [1.82, 2.24) is 14.9 Å². The van der Waals surface area contributed by atoms with Gasteiger partial charge in [0.2, 0.25) is 0 Å². The molecule has 3 rings (SSSR count). The van der Waals surface area contributed by atoms with Crippen molar-refractivity contribution in [1.29, 1.82) is 0 Å². The molecule has 2 heterocycles. The van der Waals surface area contributed by atoms with Gasteiger partial charge in [0.15, 0.2) is 0 Å². The summed E-state index contributed by atoms with van der Waals surface area (Å²) in [5, 5.41) is 17.0. The van der Waals surface area contributed by atoms with Crippen molar-refractivity contribution < 1.29 is 9.90 Å². The first-order valence-electron chi connectivity index (χ1n) is 7.62. The van der Waals surface area contributed by atoms with Crippen LogP contribution in [0.25, 0.3) is 0 Å². The maximum absolute atomic E-state index is 12.3. The number of aromatic nitrogens is 2. The molecule has 0 aliphatic carbocycles. The SMILES string of the molecule is CC(O)(CNC(=O)c1ccc(Cn2ccnc2)cc1)c1ccsc1. The Labute approximate surface area is 144 Å². The molecule has 0 radical (unpaired) electrons. The molecule has 0 spiro atoms. The van der Waals surface area contributed by atoms with Crippen molar-refractivity contribution in [3.05, 3.63) is 76.5 Å². The van der Waals surface area contributed by atoms with Crippen LogP contribution in [0.1, 0.15) is 28.4 Å². The molecule has 0 bridgehead atoms. The average molecular weight is 341 g/mol. The quantitative estimate of drug-likeness (QED) is 0.724. The lowest BCUT2D eigenvalue weighted by molar-refractivity contribution is 0.0530. The highest BCUT2D eigenvalue weighted by Crippen LogP contribution is 2.22. The largest absolute Gasteiger partial charge is 0.384 e. The van der Waals surface area contributed by atoms with E-state index >= 15 is 0 Å². The number of aliphatic hydroxyl groups is 1. The van der Waals surface area contributed by atoms with E-state index in [-0.39, 0.29) is 12.5 Å².